The molecule has 1 aliphatic heterocycles. The maximum Gasteiger partial charge on any atom is 0.230 e. The predicted octanol–water partition coefficient (Wildman–Crippen LogP) is -3.57. The highest BCUT2D eigenvalue weighted by Gasteiger charge is 2.43. The van der Waals surface area contributed by atoms with Gasteiger partial charge >= 0.3 is 0 Å². The van der Waals surface area contributed by atoms with E-state index in [9.17, 15) is 20.1 Å². The number of hydrogen-bond acceptors (Lipinski definition) is 7. The Bertz CT molecular complexity index is 251. The average molecular weight is 236 g/mol. The number of hydrazine groups is 1. The molecule has 1 aliphatic rings. The third-order valence-corrected chi connectivity index (χ3v) is 2.32. The zero-order valence-corrected chi connectivity index (χ0v) is 8.70. The lowest BCUT2D eigenvalue weighted by Gasteiger charge is -2.40. The van der Waals surface area contributed by atoms with Crippen molar-refractivity contribution in [2.75, 3.05) is 6.61 Å². The third-order valence-electron chi connectivity index (χ3n) is 2.32. The van der Waals surface area contributed by atoms with Gasteiger partial charge in [-0.25, -0.2) is 5.43 Å². The fourth-order valence-electron chi connectivity index (χ4n) is 1.44. The molecule has 0 aromatic rings. The minimum atomic E-state index is -1.44. The first-order chi connectivity index (χ1) is 7.47. The Balaban J connectivity index is 2.60. The van der Waals surface area contributed by atoms with Crippen molar-refractivity contribution in [3.8, 4) is 0 Å². The summed E-state index contributed by atoms with van der Waals surface area (Å²) in [4.78, 5) is 10.6. The first-order valence-corrected chi connectivity index (χ1v) is 4.80. The quantitative estimate of drug-likeness (QED) is 0.279. The molecule has 8 heteroatoms. The largest absolute Gasteiger partial charge is 0.394 e. The van der Waals surface area contributed by atoms with Gasteiger partial charge in [0, 0.05) is 6.92 Å². The maximum atomic E-state index is 10.6. The SMILES string of the molecule is CC(=O)NN[C@@H]1C(O)O[C@H](CO)[C@@H](O)[C@@H]1O. The van der Waals surface area contributed by atoms with Crippen LogP contribution in [0.4, 0.5) is 0 Å². The van der Waals surface area contributed by atoms with Gasteiger partial charge < -0.3 is 25.2 Å². The predicted molar refractivity (Wildman–Crippen MR) is 50.7 cm³/mol. The highest BCUT2D eigenvalue weighted by atomic mass is 16.6. The number of aliphatic hydroxyl groups excluding tert-OH is 4. The molecule has 5 atom stereocenters. The molecule has 8 nitrogen and oxygen atoms in total. The number of rotatable bonds is 3. The lowest BCUT2D eigenvalue weighted by atomic mass is 9.98. The van der Waals surface area contributed by atoms with Crippen LogP contribution in [0, 0.1) is 0 Å². The zero-order valence-electron chi connectivity index (χ0n) is 8.70. The van der Waals surface area contributed by atoms with Gasteiger partial charge in [-0.1, -0.05) is 0 Å². The summed E-state index contributed by atoms with van der Waals surface area (Å²) in [5, 5.41) is 37.4. The van der Waals surface area contributed by atoms with Gasteiger partial charge in [-0.15, -0.1) is 0 Å². The van der Waals surface area contributed by atoms with E-state index >= 15 is 0 Å². The van der Waals surface area contributed by atoms with Crippen LogP contribution in [0.2, 0.25) is 0 Å². The number of carbonyl (C=O) groups excluding carboxylic acids is 1. The van der Waals surface area contributed by atoms with Crippen molar-refractivity contribution in [3.05, 3.63) is 0 Å². The summed E-state index contributed by atoms with van der Waals surface area (Å²) in [6.45, 7) is 0.713. The van der Waals surface area contributed by atoms with Crippen molar-refractivity contribution in [3.63, 3.8) is 0 Å². The van der Waals surface area contributed by atoms with Crippen LogP contribution < -0.4 is 10.9 Å². The monoisotopic (exact) mass is 236 g/mol. The number of aliphatic hydroxyl groups is 4. The Labute approximate surface area is 91.8 Å². The lowest BCUT2D eigenvalue weighted by Crippen LogP contribution is -2.65. The van der Waals surface area contributed by atoms with Crippen LogP contribution in [0.15, 0.2) is 0 Å². The van der Waals surface area contributed by atoms with Crippen LogP contribution in [0.25, 0.3) is 0 Å². The normalized spacial score (nSPS) is 39.4. The zero-order chi connectivity index (χ0) is 12.3. The fourth-order valence-corrected chi connectivity index (χ4v) is 1.44. The fraction of sp³-hybridized carbons (Fsp3) is 0.875. The Hall–Kier alpha value is -0.770. The van der Waals surface area contributed by atoms with Crippen LogP contribution in [-0.2, 0) is 9.53 Å². The van der Waals surface area contributed by atoms with E-state index in [0.717, 1.165) is 0 Å². The van der Waals surface area contributed by atoms with Gasteiger partial charge in [0.25, 0.3) is 0 Å². The van der Waals surface area contributed by atoms with Crippen LogP contribution in [0.5, 0.6) is 0 Å². The van der Waals surface area contributed by atoms with Crippen molar-refractivity contribution in [1.29, 1.82) is 0 Å². The highest BCUT2D eigenvalue weighted by molar-refractivity contribution is 5.72. The minimum absolute atomic E-state index is 0.418. The lowest BCUT2D eigenvalue weighted by molar-refractivity contribution is -0.255. The molecule has 1 unspecified atom stereocenters. The highest BCUT2D eigenvalue weighted by Crippen LogP contribution is 2.19. The Morgan fingerprint density at radius 1 is 1.31 bits per heavy atom. The summed E-state index contributed by atoms with van der Waals surface area (Å²) in [5.41, 5.74) is 4.50. The summed E-state index contributed by atoms with van der Waals surface area (Å²) >= 11 is 0. The van der Waals surface area contributed by atoms with Gasteiger partial charge in [-0.2, -0.15) is 0 Å². The van der Waals surface area contributed by atoms with Crippen molar-refractivity contribution in [2.45, 2.75) is 37.6 Å². The smallest absolute Gasteiger partial charge is 0.230 e. The van der Waals surface area contributed by atoms with Crippen molar-refractivity contribution in [1.82, 2.24) is 10.9 Å². The van der Waals surface area contributed by atoms with Gasteiger partial charge in [0.05, 0.1) is 6.61 Å². The summed E-state index contributed by atoms with van der Waals surface area (Å²) in [7, 11) is 0. The van der Waals surface area contributed by atoms with Crippen LogP contribution >= 0.6 is 0 Å². The van der Waals surface area contributed by atoms with E-state index in [4.69, 9.17) is 9.84 Å². The van der Waals surface area contributed by atoms with E-state index in [1.165, 1.54) is 6.92 Å². The number of amides is 1. The van der Waals surface area contributed by atoms with Gasteiger partial charge in [0.1, 0.15) is 24.4 Å². The molecule has 16 heavy (non-hydrogen) atoms. The second-order valence-corrected chi connectivity index (χ2v) is 3.58. The molecule has 1 rings (SSSR count). The number of carbonyl (C=O) groups is 1. The van der Waals surface area contributed by atoms with E-state index in [2.05, 4.69) is 10.9 Å². The van der Waals surface area contributed by atoms with E-state index in [-0.39, 0.29) is 0 Å². The molecule has 0 aliphatic carbocycles. The van der Waals surface area contributed by atoms with Crippen LogP contribution in [-0.4, -0.2) is 63.6 Å². The van der Waals surface area contributed by atoms with Crippen molar-refractivity contribution >= 4 is 5.91 Å². The molecule has 0 aromatic heterocycles. The van der Waals surface area contributed by atoms with Gasteiger partial charge in [-0.05, 0) is 0 Å². The summed E-state index contributed by atoms with van der Waals surface area (Å²) in [6, 6.07) is -1.07. The third kappa shape index (κ3) is 2.88. The second kappa shape index (κ2) is 5.53. The maximum absolute atomic E-state index is 10.6. The van der Waals surface area contributed by atoms with Crippen molar-refractivity contribution in [2.24, 2.45) is 0 Å². The minimum Gasteiger partial charge on any atom is -0.394 e. The molecular formula is C8H16N2O6. The van der Waals surface area contributed by atoms with E-state index in [1.54, 1.807) is 0 Å². The van der Waals surface area contributed by atoms with E-state index < -0.39 is 43.2 Å². The average Bonchev–Trinajstić information content (AvgIpc) is 2.22. The molecule has 0 radical (unpaired) electrons. The Kier molecular flexibility index (Phi) is 4.59. The van der Waals surface area contributed by atoms with Crippen LogP contribution in [0.1, 0.15) is 6.92 Å². The molecule has 0 spiro atoms. The van der Waals surface area contributed by atoms with Gasteiger partial charge in [0.15, 0.2) is 6.29 Å². The summed E-state index contributed by atoms with van der Waals surface area (Å²) < 4.78 is 4.84. The van der Waals surface area contributed by atoms with Crippen molar-refractivity contribution < 1.29 is 30.0 Å². The number of hydrogen-bond donors (Lipinski definition) is 6. The molecule has 1 fully saturated rings. The first kappa shape index (κ1) is 13.3. The van der Waals surface area contributed by atoms with E-state index in [0.29, 0.717) is 0 Å². The Morgan fingerprint density at radius 3 is 2.44 bits per heavy atom. The number of nitrogens with one attached hydrogen (secondary N) is 2. The molecular weight excluding hydrogens is 220 g/mol. The molecule has 0 bridgehead atoms. The standard InChI is InChI=1S/C8H16N2O6/c1-3(12)9-10-5-7(14)6(13)4(2-11)16-8(5)15/h4-8,10-11,13-15H,2H2,1H3,(H,9,12)/t4-,5+,6-,7-,8?/m1/s1. The van der Waals surface area contributed by atoms with Gasteiger partial charge in [0.2, 0.25) is 5.91 Å². The molecule has 1 saturated heterocycles. The molecule has 0 saturated carbocycles. The van der Waals surface area contributed by atoms with Gasteiger partial charge in [-0.3, -0.25) is 10.2 Å². The molecule has 6 N–H and O–H groups in total. The molecule has 1 amide bonds. The molecule has 0 aromatic carbocycles. The topological polar surface area (TPSA) is 131 Å². The number of ether oxygens (including phenoxy) is 1. The van der Waals surface area contributed by atoms with E-state index in [1.807, 2.05) is 0 Å². The summed E-state index contributed by atoms with van der Waals surface area (Å²) in [5.74, 6) is -0.418. The second-order valence-electron chi connectivity index (χ2n) is 3.58. The van der Waals surface area contributed by atoms with Crippen LogP contribution in [0.3, 0.4) is 0 Å². The summed E-state index contributed by atoms with van der Waals surface area (Å²) in [6.07, 6.45) is -5.21. The molecule has 94 valence electrons. The molecule has 1 heterocycles. The first-order valence-electron chi connectivity index (χ1n) is 4.80. The Morgan fingerprint density at radius 2 is 1.94 bits per heavy atom.